The van der Waals surface area contributed by atoms with Gasteiger partial charge in [0.25, 0.3) is 16.0 Å². The lowest BCUT2D eigenvalue weighted by Crippen LogP contribution is -2.53. The summed E-state index contributed by atoms with van der Waals surface area (Å²) in [6, 6.07) is 4.37. The molecule has 3 unspecified atom stereocenters. The molecule has 35 heavy (non-hydrogen) atoms. The molecule has 0 aliphatic carbocycles. The zero-order chi connectivity index (χ0) is 25.2. The molecule has 2 aromatic rings. The van der Waals surface area contributed by atoms with Gasteiger partial charge in [0.1, 0.15) is 17.8 Å². The second kappa shape index (κ2) is 9.96. The lowest BCUT2D eigenvalue weighted by Gasteiger charge is -2.27. The van der Waals surface area contributed by atoms with Gasteiger partial charge in [0.05, 0.1) is 18.8 Å². The number of amides is 2. The molecule has 0 spiro atoms. The normalized spacial score (nSPS) is 20.9. The predicted molar refractivity (Wildman–Crippen MR) is 120 cm³/mol. The quantitative estimate of drug-likeness (QED) is 0.580. The summed E-state index contributed by atoms with van der Waals surface area (Å²) < 4.78 is 36.9. The average Bonchev–Trinajstić information content (AvgIpc) is 3.57. The molecule has 2 saturated heterocycles. The van der Waals surface area contributed by atoms with Crippen LogP contribution in [0.25, 0.3) is 0 Å². The van der Waals surface area contributed by atoms with E-state index in [1.807, 2.05) is 6.92 Å². The Morgan fingerprint density at radius 3 is 2.71 bits per heavy atom. The highest BCUT2D eigenvalue weighted by Gasteiger charge is 2.55. The molecule has 0 radical (unpaired) electrons. The molecule has 1 N–H and O–H groups in total. The number of likely N-dealkylation sites (tertiary alicyclic amines) is 1. The monoisotopic (exact) mass is 504 g/mol. The van der Waals surface area contributed by atoms with Crippen LogP contribution >= 0.6 is 0 Å². The number of Topliss-reactive ketones (excluding diaryl/α,β-unsaturated/α-hetero) is 1. The predicted octanol–water partition coefficient (Wildman–Crippen LogP) is 0.956. The second-order valence-electron chi connectivity index (χ2n) is 8.16. The first-order chi connectivity index (χ1) is 16.7. The van der Waals surface area contributed by atoms with Crippen LogP contribution in [0.5, 0.6) is 5.95 Å². The summed E-state index contributed by atoms with van der Waals surface area (Å²) in [7, 11) is -4.53. The van der Waals surface area contributed by atoms with Crippen LogP contribution in [0, 0.1) is 0 Å². The SMILES string of the molecule is CCCC(NC(=O)Oc1ccco1)C(=O)N1CCC2C1C(=O)CN2S(=O)(=O)C(=O)c1ccccn1. The summed E-state index contributed by atoms with van der Waals surface area (Å²) in [5.41, 5.74) is -0.253. The van der Waals surface area contributed by atoms with E-state index in [4.69, 9.17) is 9.15 Å². The molecule has 0 saturated carbocycles. The van der Waals surface area contributed by atoms with Crippen molar-refractivity contribution in [1.29, 1.82) is 0 Å². The maximum Gasteiger partial charge on any atom is 0.415 e. The highest BCUT2D eigenvalue weighted by atomic mass is 32.2. The summed E-state index contributed by atoms with van der Waals surface area (Å²) in [6.07, 6.45) is 2.72. The Morgan fingerprint density at radius 1 is 1.26 bits per heavy atom. The number of carbonyl (C=O) groups excluding carboxylic acids is 4. The largest absolute Gasteiger partial charge is 0.434 e. The van der Waals surface area contributed by atoms with E-state index >= 15 is 0 Å². The van der Waals surface area contributed by atoms with E-state index in [-0.39, 0.29) is 31.0 Å². The van der Waals surface area contributed by atoms with Crippen LogP contribution < -0.4 is 10.1 Å². The van der Waals surface area contributed by atoms with Crippen LogP contribution in [0.3, 0.4) is 0 Å². The van der Waals surface area contributed by atoms with Crippen molar-refractivity contribution < 1.29 is 36.7 Å². The van der Waals surface area contributed by atoms with Crippen molar-refractivity contribution in [2.24, 2.45) is 0 Å². The minimum absolute atomic E-state index is 0.0455. The first kappa shape index (κ1) is 24.5. The van der Waals surface area contributed by atoms with Crippen molar-refractivity contribution >= 4 is 32.9 Å². The number of carbonyl (C=O) groups is 4. The molecule has 2 aliphatic heterocycles. The van der Waals surface area contributed by atoms with Crippen LogP contribution in [-0.2, 0) is 19.6 Å². The number of hydrogen-bond acceptors (Lipinski definition) is 9. The van der Waals surface area contributed by atoms with Crippen molar-refractivity contribution in [3.8, 4) is 5.95 Å². The van der Waals surface area contributed by atoms with Gasteiger partial charge in [-0.25, -0.2) is 13.2 Å². The minimum Gasteiger partial charge on any atom is -0.434 e. The molecule has 2 aromatic heterocycles. The van der Waals surface area contributed by atoms with Crippen molar-refractivity contribution in [1.82, 2.24) is 19.5 Å². The molecule has 0 bridgehead atoms. The zero-order valence-electron chi connectivity index (χ0n) is 18.8. The van der Waals surface area contributed by atoms with Gasteiger partial charge in [-0.15, -0.1) is 0 Å². The smallest absolute Gasteiger partial charge is 0.415 e. The summed E-state index contributed by atoms with van der Waals surface area (Å²) >= 11 is 0. The fourth-order valence-corrected chi connectivity index (χ4v) is 5.87. The molecule has 2 amide bonds. The number of aromatic nitrogens is 1. The number of hydrogen-bond donors (Lipinski definition) is 1. The second-order valence-corrected chi connectivity index (χ2v) is 9.95. The first-order valence-corrected chi connectivity index (χ1v) is 12.5. The van der Waals surface area contributed by atoms with Gasteiger partial charge < -0.3 is 19.4 Å². The van der Waals surface area contributed by atoms with E-state index in [0.29, 0.717) is 6.42 Å². The van der Waals surface area contributed by atoms with Crippen LogP contribution in [0.2, 0.25) is 0 Å². The number of rotatable bonds is 7. The Bertz CT molecular complexity index is 1220. The molecule has 12 nitrogen and oxygen atoms in total. The average molecular weight is 505 g/mol. The van der Waals surface area contributed by atoms with Crippen molar-refractivity contribution in [2.75, 3.05) is 13.1 Å². The highest BCUT2D eigenvalue weighted by molar-refractivity contribution is 8.04. The summed E-state index contributed by atoms with van der Waals surface area (Å²) in [5.74, 6) is -1.07. The Balaban J connectivity index is 1.49. The number of ether oxygens (including phenoxy) is 1. The number of pyridine rings is 1. The van der Waals surface area contributed by atoms with E-state index in [0.717, 1.165) is 4.31 Å². The van der Waals surface area contributed by atoms with Crippen molar-refractivity contribution in [2.45, 2.75) is 44.3 Å². The minimum atomic E-state index is -4.53. The molecule has 0 aromatic carbocycles. The number of nitrogens with one attached hydrogen (secondary N) is 1. The Labute approximate surface area is 201 Å². The third kappa shape index (κ3) is 4.82. The fourth-order valence-electron chi connectivity index (χ4n) is 4.39. The van der Waals surface area contributed by atoms with Crippen LogP contribution in [0.1, 0.15) is 36.7 Å². The number of furan rings is 1. The summed E-state index contributed by atoms with van der Waals surface area (Å²) in [5, 5.41) is 1.28. The molecule has 186 valence electrons. The number of ketones is 1. The van der Waals surface area contributed by atoms with Gasteiger partial charge in [0.2, 0.25) is 5.91 Å². The molecular formula is C22H24N4O8S. The Hall–Kier alpha value is -3.58. The lowest BCUT2D eigenvalue weighted by molar-refractivity contribution is -0.138. The van der Waals surface area contributed by atoms with Gasteiger partial charge in [0, 0.05) is 18.8 Å². The number of nitrogens with zero attached hydrogens (tertiary/aromatic N) is 3. The molecule has 4 heterocycles. The summed E-state index contributed by atoms with van der Waals surface area (Å²) in [4.78, 5) is 56.1. The van der Waals surface area contributed by atoms with E-state index in [1.165, 1.54) is 41.6 Å². The standard InChI is InChI=1S/C22H24N4O8S/c1-2-6-14(24-22(30)34-18-8-5-12-33-18)20(28)25-11-9-16-19(25)17(27)13-26(16)35(31,32)21(29)15-7-3-4-10-23-15/h3-5,7-8,10,12,14,16,19H,2,6,9,11,13H2,1H3,(H,24,30). The maximum absolute atomic E-state index is 13.3. The highest BCUT2D eigenvalue weighted by Crippen LogP contribution is 2.33. The molecule has 4 rings (SSSR count). The van der Waals surface area contributed by atoms with E-state index in [2.05, 4.69) is 10.3 Å². The lowest BCUT2D eigenvalue weighted by atomic mass is 10.1. The molecular weight excluding hydrogens is 480 g/mol. The van der Waals surface area contributed by atoms with E-state index in [9.17, 15) is 27.6 Å². The summed E-state index contributed by atoms with van der Waals surface area (Å²) in [6.45, 7) is 1.40. The van der Waals surface area contributed by atoms with Crippen LogP contribution in [0.4, 0.5) is 4.79 Å². The third-order valence-corrected chi connectivity index (χ3v) is 7.63. The van der Waals surface area contributed by atoms with Crippen molar-refractivity contribution in [3.63, 3.8) is 0 Å². The maximum atomic E-state index is 13.3. The third-order valence-electron chi connectivity index (χ3n) is 5.93. The van der Waals surface area contributed by atoms with Gasteiger partial charge in [-0.05, 0) is 31.0 Å². The van der Waals surface area contributed by atoms with Gasteiger partial charge in [0.15, 0.2) is 5.78 Å². The topological polar surface area (TPSA) is 156 Å². The van der Waals surface area contributed by atoms with Gasteiger partial charge >= 0.3 is 11.2 Å². The van der Waals surface area contributed by atoms with Crippen LogP contribution in [-0.4, -0.2) is 76.7 Å². The van der Waals surface area contributed by atoms with Crippen molar-refractivity contribution in [3.05, 3.63) is 48.5 Å². The molecule has 3 atom stereocenters. The van der Waals surface area contributed by atoms with Gasteiger partial charge in [-0.1, -0.05) is 19.4 Å². The van der Waals surface area contributed by atoms with E-state index < -0.39 is 57.6 Å². The van der Waals surface area contributed by atoms with Gasteiger partial charge in [-0.2, -0.15) is 4.31 Å². The zero-order valence-corrected chi connectivity index (χ0v) is 19.6. The van der Waals surface area contributed by atoms with E-state index in [1.54, 1.807) is 6.07 Å². The molecule has 2 fully saturated rings. The van der Waals surface area contributed by atoms with Gasteiger partial charge in [-0.3, -0.25) is 19.4 Å². The van der Waals surface area contributed by atoms with Crippen LogP contribution in [0.15, 0.2) is 47.2 Å². The molecule has 13 heteroatoms. The first-order valence-electron chi connectivity index (χ1n) is 11.1. The Morgan fingerprint density at radius 2 is 2.06 bits per heavy atom. The number of fused-ring (bicyclic) bond motifs is 1. The Kier molecular flexibility index (Phi) is 6.98. The number of sulfonamides is 1. The molecule has 2 aliphatic rings. The fraction of sp³-hybridized carbons (Fsp3) is 0.409.